The van der Waals surface area contributed by atoms with Gasteiger partial charge in [-0.25, -0.2) is 0 Å². The molecule has 2 fully saturated rings. The second-order valence-electron chi connectivity index (χ2n) is 6.37. The molecule has 2 saturated heterocycles. The van der Waals surface area contributed by atoms with E-state index in [9.17, 15) is 4.79 Å². The summed E-state index contributed by atoms with van der Waals surface area (Å²) >= 11 is 0. The minimum absolute atomic E-state index is 0.0881. The van der Waals surface area contributed by atoms with Crippen molar-refractivity contribution in [2.24, 2.45) is 0 Å². The van der Waals surface area contributed by atoms with Gasteiger partial charge in [-0.1, -0.05) is 0 Å². The number of aryl methyl sites for hydroxylation is 2. The molecule has 5 heteroatoms. The summed E-state index contributed by atoms with van der Waals surface area (Å²) in [5.41, 5.74) is 2.01. The molecule has 3 rings (SSSR count). The third-order valence-corrected chi connectivity index (χ3v) is 4.86. The summed E-state index contributed by atoms with van der Waals surface area (Å²) in [5.74, 6) is 0.0881. The molecule has 0 aromatic carbocycles. The lowest BCUT2D eigenvalue weighted by Gasteiger charge is -2.36. The molecule has 2 atom stereocenters. The van der Waals surface area contributed by atoms with Crippen LogP contribution < -0.4 is 5.32 Å². The van der Waals surface area contributed by atoms with Crippen LogP contribution in [0.1, 0.15) is 37.1 Å². The normalized spacial score (nSPS) is 29.6. The van der Waals surface area contributed by atoms with Gasteiger partial charge in [-0.2, -0.15) is 5.10 Å². The van der Waals surface area contributed by atoms with Gasteiger partial charge in [0.05, 0.1) is 5.69 Å². The molecule has 2 unspecified atom stereocenters. The van der Waals surface area contributed by atoms with Gasteiger partial charge in [0.25, 0.3) is 0 Å². The Labute approximate surface area is 120 Å². The fourth-order valence-corrected chi connectivity index (χ4v) is 3.77. The van der Waals surface area contributed by atoms with Gasteiger partial charge < -0.3 is 10.2 Å². The van der Waals surface area contributed by atoms with Gasteiger partial charge in [-0.15, -0.1) is 0 Å². The highest BCUT2D eigenvalue weighted by Crippen LogP contribution is 2.34. The highest BCUT2D eigenvalue weighted by atomic mass is 16.2. The molecule has 2 aliphatic heterocycles. The zero-order valence-corrected chi connectivity index (χ0v) is 12.6. The number of carbonyl (C=O) groups is 1. The van der Waals surface area contributed by atoms with Gasteiger partial charge >= 0.3 is 0 Å². The first-order valence-electron chi connectivity index (χ1n) is 7.55. The smallest absolute Gasteiger partial charge is 0.241 e. The molecule has 0 aliphatic carbocycles. The number of aromatic nitrogens is 2. The van der Waals surface area contributed by atoms with Crippen molar-refractivity contribution in [1.82, 2.24) is 20.0 Å². The van der Waals surface area contributed by atoms with Gasteiger partial charge in [0.15, 0.2) is 0 Å². The lowest BCUT2D eigenvalue weighted by Crippen LogP contribution is -2.49. The van der Waals surface area contributed by atoms with Gasteiger partial charge in [0.2, 0.25) is 5.91 Å². The SMILES string of the molecule is Cc1cc(C)n(CC(=O)NC2CC3CCC(C2)N3C)n1. The lowest BCUT2D eigenvalue weighted by atomic mass is 9.98. The standard InChI is InChI=1S/C15H24N4O/c1-10-6-11(2)19(17-10)9-15(20)16-12-7-13-4-5-14(8-12)18(13)3/h6,12-14H,4-5,7-9H2,1-3H3,(H,16,20). The van der Waals surface area contributed by atoms with Gasteiger partial charge in [-0.05, 0) is 52.6 Å². The second kappa shape index (κ2) is 5.20. The molecule has 1 N–H and O–H groups in total. The van der Waals surface area contributed by atoms with Crippen molar-refractivity contribution in [2.75, 3.05) is 7.05 Å². The maximum atomic E-state index is 12.2. The zero-order valence-electron chi connectivity index (χ0n) is 12.6. The van der Waals surface area contributed by atoms with E-state index in [2.05, 4.69) is 22.4 Å². The predicted octanol–water partition coefficient (Wildman–Crippen LogP) is 1.24. The maximum absolute atomic E-state index is 12.2. The molecule has 1 aromatic heterocycles. The first-order valence-corrected chi connectivity index (χ1v) is 7.55. The van der Waals surface area contributed by atoms with Crippen molar-refractivity contribution in [1.29, 1.82) is 0 Å². The molecule has 1 aromatic rings. The van der Waals surface area contributed by atoms with E-state index in [1.54, 1.807) is 4.68 Å². The average molecular weight is 276 g/mol. The van der Waals surface area contributed by atoms with Crippen LogP contribution in [0.2, 0.25) is 0 Å². The van der Waals surface area contributed by atoms with Crippen LogP contribution >= 0.6 is 0 Å². The number of fused-ring (bicyclic) bond motifs is 2. The topological polar surface area (TPSA) is 50.2 Å². The third-order valence-electron chi connectivity index (χ3n) is 4.86. The van der Waals surface area contributed by atoms with Gasteiger partial charge in [-0.3, -0.25) is 9.48 Å². The van der Waals surface area contributed by atoms with Crippen LogP contribution in [0, 0.1) is 13.8 Å². The van der Waals surface area contributed by atoms with Crippen LogP contribution in [0.15, 0.2) is 6.07 Å². The van der Waals surface area contributed by atoms with Crippen molar-refractivity contribution < 1.29 is 4.79 Å². The molecule has 0 spiro atoms. The van der Waals surface area contributed by atoms with Gasteiger partial charge in [0.1, 0.15) is 6.54 Å². The van der Waals surface area contributed by atoms with E-state index in [4.69, 9.17) is 0 Å². The maximum Gasteiger partial charge on any atom is 0.241 e. The number of nitrogens with one attached hydrogen (secondary N) is 1. The van der Waals surface area contributed by atoms with Crippen molar-refractivity contribution in [3.63, 3.8) is 0 Å². The fraction of sp³-hybridized carbons (Fsp3) is 0.733. The highest BCUT2D eigenvalue weighted by molar-refractivity contribution is 5.76. The Morgan fingerprint density at radius 3 is 2.55 bits per heavy atom. The summed E-state index contributed by atoms with van der Waals surface area (Å²) in [6.07, 6.45) is 4.75. The Hall–Kier alpha value is -1.36. The van der Waals surface area contributed by atoms with Crippen LogP contribution in [-0.2, 0) is 11.3 Å². The zero-order chi connectivity index (χ0) is 14.3. The molecule has 2 aliphatic rings. The van der Waals surface area contributed by atoms with E-state index in [1.807, 2.05) is 19.9 Å². The Kier molecular flexibility index (Phi) is 3.54. The number of piperidine rings is 1. The van der Waals surface area contributed by atoms with Crippen LogP contribution in [-0.4, -0.2) is 45.8 Å². The Morgan fingerprint density at radius 1 is 1.35 bits per heavy atom. The minimum atomic E-state index is 0.0881. The van der Waals surface area contributed by atoms with Crippen molar-refractivity contribution in [2.45, 2.75) is 64.2 Å². The summed E-state index contributed by atoms with van der Waals surface area (Å²) in [6, 6.07) is 3.66. The van der Waals surface area contributed by atoms with Crippen LogP contribution in [0.4, 0.5) is 0 Å². The predicted molar refractivity (Wildman–Crippen MR) is 77.4 cm³/mol. The minimum Gasteiger partial charge on any atom is -0.352 e. The molecule has 5 nitrogen and oxygen atoms in total. The van der Waals surface area contributed by atoms with E-state index in [-0.39, 0.29) is 5.91 Å². The monoisotopic (exact) mass is 276 g/mol. The molecular formula is C15H24N4O. The molecule has 3 heterocycles. The first kappa shape index (κ1) is 13.6. The molecule has 0 saturated carbocycles. The summed E-state index contributed by atoms with van der Waals surface area (Å²) in [7, 11) is 2.22. The number of rotatable bonds is 3. The second-order valence-corrected chi connectivity index (χ2v) is 6.37. The quantitative estimate of drug-likeness (QED) is 0.903. The molecule has 2 bridgehead atoms. The summed E-state index contributed by atoms with van der Waals surface area (Å²) in [6.45, 7) is 4.28. The van der Waals surface area contributed by atoms with Crippen molar-refractivity contribution >= 4 is 5.91 Å². The van der Waals surface area contributed by atoms with Crippen molar-refractivity contribution in [3.05, 3.63) is 17.5 Å². The summed E-state index contributed by atoms with van der Waals surface area (Å²) in [4.78, 5) is 14.7. The van der Waals surface area contributed by atoms with E-state index >= 15 is 0 Å². The Balaban J connectivity index is 1.56. The average Bonchev–Trinajstić information content (AvgIpc) is 2.78. The molecule has 1 amide bonds. The Morgan fingerprint density at radius 2 is 2.00 bits per heavy atom. The fourth-order valence-electron chi connectivity index (χ4n) is 3.77. The molecule has 110 valence electrons. The summed E-state index contributed by atoms with van der Waals surface area (Å²) < 4.78 is 1.79. The Bertz CT molecular complexity index is 496. The van der Waals surface area contributed by atoms with E-state index < -0.39 is 0 Å². The number of carbonyl (C=O) groups excluding carboxylic acids is 1. The number of hydrogen-bond acceptors (Lipinski definition) is 3. The third kappa shape index (κ3) is 2.59. The van der Waals surface area contributed by atoms with Crippen LogP contribution in [0.5, 0.6) is 0 Å². The molecule has 20 heavy (non-hydrogen) atoms. The van der Waals surface area contributed by atoms with Crippen LogP contribution in [0.25, 0.3) is 0 Å². The highest BCUT2D eigenvalue weighted by Gasteiger charge is 2.38. The van der Waals surface area contributed by atoms with Gasteiger partial charge in [0, 0.05) is 23.8 Å². The number of nitrogens with zero attached hydrogens (tertiary/aromatic N) is 3. The lowest BCUT2D eigenvalue weighted by molar-refractivity contribution is -0.123. The summed E-state index contributed by atoms with van der Waals surface area (Å²) in [5, 5.41) is 7.54. The van der Waals surface area contributed by atoms with E-state index in [1.165, 1.54) is 12.8 Å². The van der Waals surface area contributed by atoms with E-state index in [0.717, 1.165) is 24.2 Å². The van der Waals surface area contributed by atoms with Crippen molar-refractivity contribution in [3.8, 4) is 0 Å². The largest absolute Gasteiger partial charge is 0.352 e. The van der Waals surface area contributed by atoms with Crippen LogP contribution in [0.3, 0.4) is 0 Å². The molecular weight excluding hydrogens is 252 g/mol. The number of amides is 1. The first-order chi connectivity index (χ1) is 9.52. The molecule has 0 radical (unpaired) electrons. The number of hydrogen-bond donors (Lipinski definition) is 1. The van der Waals surface area contributed by atoms with E-state index in [0.29, 0.717) is 24.7 Å².